The number of benzene rings is 1. The fraction of sp³-hybridized carbons (Fsp3) is 0.600. The van der Waals surface area contributed by atoms with Crippen molar-refractivity contribution in [3.63, 3.8) is 0 Å². The maximum atomic E-state index is 11.6. The lowest BCUT2D eigenvalue weighted by molar-refractivity contribution is -0.115. The molecule has 0 atom stereocenters. The second-order valence-corrected chi connectivity index (χ2v) is 9.35. The van der Waals surface area contributed by atoms with E-state index in [1.165, 1.54) is 57.8 Å². The molecule has 1 aliphatic carbocycles. The molecular weight excluding hydrogens is 394 g/mol. The summed E-state index contributed by atoms with van der Waals surface area (Å²) in [7, 11) is 0. The third kappa shape index (κ3) is 7.82. The first kappa shape index (κ1) is 24.5. The molecule has 2 aliphatic rings. The van der Waals surface area contributed by atoms with Crippen LogP contribution in [0.3, 0.4) is 0 Å². The molecule has 3 rings (SSSR count). The fourth-order valence-corrected chi connectivity index (χ4v) is 4.55. The van der Waals surface area contributed by atoms with E-state index in [4.69, 9.17) is 4.74 Å². The van der Waals surface area contributed by atoms with Crippen molar-refractivity contribution in [1.29, 1.82) is 0 Å². The van der Waals surface area contributed by atoms with Crippen LogP contribution in [0.15, 0.2) is 29.2 Å². The predicted octanol–water partition coefficient (Wildman–Crippen LogP) is 7.34. The Balaban J connectivity index is 0.000000469. The molecular formula is C25H37NO3S. The van der Waals surface area contributed by atoms with E-state index >= 15 is 0 Å². The standard InChI is InChI=1S/C19H23NO3S.C6H14/c1-2-19(10-4-3-5-11-19)13-23-15-8-6-14(7-9-15)12-16-17(21)20-18(22)24-16;1-3-5-6-4-2/h6-9,12H,2-5,10-11,13H2,1H3,(H,20,21,22);3-6H2,1-2H3/b16-12-;. The van der Waals surface area contributed by atoms with E-state index in [0.717, 1.165) is 36.1 Å². The monoisotopic (exact) mass is 431 g/mol. The molecule has 1 heterocycles. The zero-order valence-electron chi connectivity index (χ0n) is 18.8. The molecule has 0 bridgehead atoms. The summed E-state index contributed by atoms with van der Waals surface area (Å²) in [5, 5.41) is 1.94. The number of ether oxygens (including phenoxy) is 1. The molecule has 30 heavy (non-hydrogen) atoms. The molecule has 0 spiro atoms. The molecule has 2 amide bonds. The Morgan fingerprint density at radius 1 is 1.00 bits per heavy atom. The largest absolute Gasteiger partial charge is 0.493 e. The summed E-state index contributed by atoms with van der Waals surface area (Å²) in [6.45, 7) is 7.50. The van der Waals surface area contributed by atoms with Crippen molar-refractivity contribution in [1.82, 2.24) is 5.32 Å². The Morgan fingerprint density at radius 3 is 2.13 bits per heavy atom. The van der Waals surface area contributed by atoms with E-state index < -0.39 is 0 Å². The second-order valence-electron chi connectivity index (χ2n) is 8.33. The molecule has 1 saturated carbocycles. The molecule has 1 aromatic rings. The van der Waals surface area contributed by atoms with E-state index in [1.807, 2.05) is 24.3 Å². The summed E-state index contributed by atoms with van der Waals surface area (Å²) in [5.74, 6) is 0.530. The van der Waals surface area contributed by atoms with Gasteiger partial charge < -0.3 is 4.74 Å². The second kappa shape index (κ2) is 12.8. The van der Waals surface area contributed by atoms with Crippen molar-refractivity contribution in [3.05, 3.63) is 34.7 Å². The van der Waals surface area contributed by atoms with Crippen LogP contribution in [-0.4, -0.2) is 17.8 Å². The summed E-state index contributed by atoms with van der Waals surface area (Å²) in [4.78, 5) is 23.2. The van der Waals surface area contributed by atoms with Gasteiger partial charge in [-0.05, 0) is 54.8 Å². The predicted molar refractivity (Wildman–Crippen MR) is 127 cm³/mol. The van der Waals surface area contributed by atoms with Gasteiger partial charge in [-0.3, -0.25) is 14.9 Å². The molecule has 2 fully saturated rings. The van der Waals surface area contributed by atoms with Crippen molar-refractivity contribution >= 4 is 29.0 Å². The number of carbonyl (C=O) groups excluding carboxylic acids is 2. The average molecular weight is 432 g/mol. The highest BCUT2D eigenvalue weighted by atomic mass is 32.2. The van der Waals surface area contributed by atoms with Gasteiger partial charge >= 0.3 is 0 Å². The Labute approximate surface area is 186 Å². The normalized spacial score (nSPS) is 19.2. The van der Waals surface area contributed by atoms with Crippen LogP contribution in [0.5, 0.6) is 5.75 Å². The van der Waals surface area contributed by atoms with Gasteiger partial charge in [-0.15, -0.1) is 0 Å². The summed E-state index contributed by atoms with van der Waals surface area (Å²) in [5.41, 5.74) is 1.22. The summed E-state index contributed by atoms with van der Waals surface area (Å²) < 4.78 is 6.04. The molecule has 0 aromatic heterocycles. The number of thioether (sulfide) groups is 1. The quantitative estimate of drug-likeness (QED) is 0.346. The van der Waals surface area contributed by atoms with Crippen LogP contribution in [0, 0.1) is 5.41 Å². The van der Waals surface area contributed by atoms with Crippen LogP contribution in [0.4, 0.5) is 4.79 Å². The van der Waals surface area contributed by atoms with Crippen molar-refractivity contribution < 1.29 is 14.3 Å². The highest BCUT2D eigenvalue weighted by Crippen LogP contribution is 2.39. The number of amides is 2. The van der Waals surface area contributed by atoms with Crippen LogP contribution in [0.25, 0.3) is 6.08 Å². The fourth-order valence-electron chi connectivity index (χ4n) is 3.87. The van der Waals surface area contributed by atoms with Crippen molar-refractivity contribution in [3.8, 4) is 5.75 Å². The lowest BCUT2D eigenvalue weighted by atomic mass is 9.73. The first-order valence-electron chi connectivity index (χ1n) is 11.5. The Morgan fingerprint density at radius 2 is 1.63 bits per heavy atom. The number of nitrogens with one attached hydrogen (secondary N) is 1. The van der Waals surface area contributed by atoms with E-state index in [1.54, 1.807) is 6.08 Å². The maximum Gasteiger partial charge on any atom is 0.290 e. The van der Waals surface area contributed by atoms with E-state index in [-0.39, 0.29) is 11.1 Å². The summed E-state index contributed by atoms with van der Waals surface area (Å²) in [6.07, 6.45) is 14.9. The van der Waals surface area contributed by atoms with Gasteiger partial charge in [0.05, 0.1) is 11.5 Å². The molecule has 1 saturated heterocycles. The molecule has 166 valence electrons. The highest BCUT2D eigenvalue weighted by Gasteiger charge is 2.31. The SMILES string of the molecule is CCC1(COc2ccc(/C=C3\SC(=O)NC3=O)cc2)CCCCC1.CCCCCC. The first-order chi connectivity index (χ1) is 14.5. The average Bonchev–Trinajstić information content (AvgIpc) is 3.09. The highest BCUT2D eigenvalue weighted by molar-refractivity contribution is 8.18. The van der Waals surface area contributed by atoms with Gasteiger partial charge in [-0.2, -0.15) is 0 Å². The lowest BCUT2D eigenvalue weighted by Gasteiger charge is -2.36. The number of hydrogen-bond donors (Lipinski definition) is 1. The zero-order chi connectivity index (χ0) is 21.8. The number of hydrogen-bond acceptors (Lipinski definition) is 4. The minimum absolute atomic E-state index is 0.316. The van der Waals surface area contributed by atoms with Crippen LogP contribution in [0.2, 0.25) is 0 Å². The molecule has 4 nitrogen and oxygen atoms in total. The van der Waals surface area contributed by atoms with Gasteiger partial charge in [-0.25, -0.2) is 0 Å². The molecule has 5 heteroatoms. The molecule has 1 N–H and O–H groups in total. The minimum Gasteiger partial charge on any atom is -0.493 e. The van der Waals surface area contributed by atoms with E-state index in [9.17, 15) is 9.59 Å². The van der Waals surface area contributed by atoms with Gasteiger partial charge in [0, 0.05) is 5.41 Å². The molecule has 1 aromatic carbocycles. The minimum atomic E-state index is -0.326. The first-order valence-corrected chi connectivity index (χ1v) is 12.3. The van der Waals surface area contributed by atoms with Gasteiger partial charge in [-0.1, -0.05) is 77.8 Å². The summed E-state index contributed by atoms with van der Waals surface area (Å²) in [6, 6.07) is 7.69. The number of unbranched alkanes of at least 4 members (excludes halogenated alkanes) is 3. The van der Waals surface area contributed by atoms with Crippen LogP contribution in [-0.2, 0) is 4.79 Å². The van der Waals surface area contributed by atoms with Crippen LogP contribution >= 0.6 is 11.8 Å². The van der Waals surface area contributed by atoms with Crippen molar-refractivity contribution in [2.24, 2.45) is 5.41 Å². The Bertz CT molecular complexity index is 702. The van der Waals surface area contributed by atoms with Gasteiger partial charge in [0.15, 0.2) is 0 Å². The molecule has 1 aliphatic heterocycles. The lowest BCUT2D eigenvalue weighted by Crippen LogP contribution is -2.30. The van der Waals surface area contributed by atoms with Gasteiger partial charge in [0.2, 0.25) is 0 Å². The molecule has 0 unspecified atom stereocenters. The molecule has 0 radical (unpaired) electrons. The van der Waals surface area contributed by atoms with Crippen molar-refractivity contribution in [2.45, 2.75) is 85.0 Å². The van der Waals surface area contributed by atoms with Gasteiger partial charge in [0.1, 0.15) is 5.75 Å². The Kier molecular flexibility index (Phi) is 10.5. The number of carbonyl (C=O) groups is 2. The summed E-state index contributed by atoms with van der Waals surface area (Å²) >= 11 is 0.934. The Hall–Kier alpha value is -1.75. The topological polar surface area (TPSA) is 55.4 Å². The smallest absolute Gasteiger partial charge is 0.290 e. The van der Waals surface area contributed by atoms with Gasteiger partial charge in [0.25, 0.3) is 11.1 Å². The number of rotatable bonds is 8. The van der Waals surface area contributed by atoms with E-state index in [0.29, 0.717) is 10.3 Å². The van der Waals surface area contributed by atoms with E-state index in [2.05, 4.69) is 26.1 Å². The van der Waals surface area contributed by atoms with Crippen LogP contribution in [0.1, 0.15) is 90.5 Å². The maximum absolute atomic E-state index is 11.6. The van der Waals surface area contributed by atoms with Crippen LogP contribution < -0.4 is 10.1 Å². The third-order valence-electron chi connectivity index (χ3n) is 5.99. The van der Waals surface area contributed by atoms with Crippen molar-refractivity contribution in [2.75, 3.05) is 6.61 Å². The number of imide groups is 1. The third-order valence-corrected chi connectivity index (χ3v) is 6.80. The zero-order valence-corrected chi connectivity index (χ0v) is 19.6.